The van der Waals surface area contributed by atoms with Gasteiger partial charge in [-0.05, 0) is 30.0 Å². The van der Waals surface area contributed by atoms with Crippen LogP contribution >= 0.6 is 0 Å². The van der Waals surface area contributed by atoms with Crippen LogP contribution in [0.25, 0.3) is 0 Å². The summed E-state index contributed by atoms with van der Waals surface area (Å²) in [5.41, 5.74) is 8.45. The van der Waals surface area contributed by atoms with Crippen LogP contribution in [0.5, 0.6) is 0 Å². The van der Waals surface area contributed by atoms with Gasteiger partial charge in [-0.3, -0.25) is 4.79 Å². The van der Waals surface area contributed by atoms with Gasteiger partial charge in [0.15, 0.2) is 0 Å². The second-order valence-corrected chi connectivity index (χ2v) is 5.57. The number of hydrogen-bond donors (Lipinski definition) is 1. The average Bonchev–Trinajstić information content (AvgIpc) is 2.56. The number of nitrogens with zero attached hydrogens (tertiary/aromatic N) is 2. The molecule has 1 fully saturated rings. The number of rotatable bonds is 4. The minimum atomic E-state index is -0.351. The lowest BCUT2D eigenvalue weighted by molar-refractivity contribution is -0.114. The lowest BCUT2D eigenvalue weighted by Crippen LogP contribution is -2.36. The number of amides is 1. The standard InChI is InChI=1S/C17H21N3O2/c18-17(21)15-4-2-6-19(13-15)12-14-3-1-5-16(11-14)20-7-9-22-10-8-20/h1-6,11H,7-10,12-13H2,(H2,18,21). The van der Waals surface area contributed by atoms with Crippen LogP contribution in [0.15, 0.2) is 48.2 Å². The van der Waals surface area contributed by atoms with E-state index >= 15 is 0 Å². The Morgan fingerprint density at radius 1 is 1.27 bits per heavy atom. The smallest absolute Gasteiger partial charge is 0.246 e. The fourth-order valence-corrected chi connectivity index (χ4v) is 2.78. The van der Waals surface area contributed by atoms with Crippen molar-refractivity contribution in [2.24, 2.45) is 5.73 Å². The quantitative estimate of drug-likeness (QED) is 0.909. The number of anilines is 1. The summed E-state index contributed by atoms with van der Waals surface area (Å²) in [6, 6.07) is 8.54. The zero-order valence-electron chi connectivity index (χ0n) is 12.6. The molecule has 1 aromatic carbocycles. The maximum absolute atomic E-state index is 11.3. The summed E-state index contributed by atoms with van der Waals surface area (Å²) in [5.74, 6) is -0.351. The second kappa shape index (κ2) is 6.66. The van der Waals surface area contributed by atoms with Crippen molar-refractivity contribution in [3.8, 4) is 0 Å². The molecular formula is C17H21N3O2. The number of morpholine rings is 1. The molecule has 2 aliphatic rings. The molecular weight excluding hydrogens is 278 g/mol. The number of carbonyl (C=O) groups is 1. The third-order valence-corrected chi connectivity index (χ3v) is 3.96. The molecule has 0 radical (unpaired) electrons. The lowest BCUT2D eigenvalue weighted by atomic mass is 10.1. The molecule has 0 unspecified atom stereocenters. The first kappa shape index (κ1) is 14.7. The summed E-state index contributed by atoms with van der Waals surface area (Å²) >= 11 is 0. The summed E-state index contributed by atoms with van der Waals surface area (Å²) in [6.07, 6.45) is 5.65. The van der Waals surface area contributed by atoms with Gasteiger partial charge >= 0.3 is 0 Å². The van der Waals surface area contributed by atoms with Gasteiger partial charge in [-0.1, -0.05) is 18.2 Å². The molecule has 1 amide bonds. The van der Waals surface area contributed by atoms with E-state index in [-0.39, 0.29) is 5.91 Å². The maximum Gasteiger partial charge on any atom is 0.246 e. The van der Waals surface area contributed by atoms with Gasteiger partial charge in [0, 0.05) is 37.4 Å². The number of primary amides is 1. The van der Waals surface area contributed by atoms with E-state index in [9.17, 15) is 4.79 Å². The average molecular weight is 299 g/mol. The van der Waals surface area contributed by atoms with Crippen molar-refractivity contribution in [3.63, 3.8) is 0 Å². The molecule has 0 aliphatic carbocycles. The van der Waals surface area contributed by atoms with Crippen LogP contribution in [0.4, 0.5) is 5.69 Å². The normalized spacial score (nSPS) is 18.3. The molecule has 1 saturated heterocycles. The van der Waals surface area contributed by atoms with E-state index in [2.05, 4.69) is 34.1 Å². The molecule has 22 heavy (non-hydrogen) atoms. The van der Waals surface area contributed by atoms with Crippen molar-refractivity contribution >= 4 is 11.6 Å². The predicted octanol–water partition coefficient (Wildman–Crippen LogP) is 1.26. The van der Waals surface area contributed by atoms with E-state index in [4.69, 9.17) is 10.5 Å². The van der Waals surface area contributed by atoms with Gasteiger partial charge in [0.05, 0.1) is 13.2 Å². The van der Waals surface area contributed by atoms with Crippen molar-refractivity contribution in [2.75, 3.05) is 37.7 Å². The molecule has 2 N–H and O–H groups in total. The first-order valence-corrected chi connectivity index (χ1v) is 7.55. The highest BCUT2D eigenvalue weighted by Crippen LogP contribution is 2.19. The zero-order valence-corrected chi connectivity index (χ0v) is 12.6. The Balaban J connectivity index is 1.67. The largest absolute Gasteiger partial charge is 0.378 e. The van der Waals surface area contributed by atoms with E-state index in [1.807, 2.05) is 12.3 Å². The van der Waals surface area contributed by atoms with E-state index < -0.39 is 0 Å². The molecule has 0 aromatic heterocycles. The summed E-state index contributed by atoms with van der Waals surface area (Å²) in [7, 11) is 0. The Hall–Kier alpha value is -2.27. The maximum atomic E-state index is 11.3. The van der Waals surface area contributed by atoms with Crippen molar-refractivity contribution in [2.45, 2.75) is 6.54 Å². The van der Waals surface area contributed by atoms with Crippen LogP contribution in [0.3, 0.4) is 0 Å². The lowest BCUT2D eigenvalue weighted by Gasteiger charge is -2.29. The Morgan fingerprint density at radius 2 is 2.09 bits per heavy atom. The second-order valence-electron chi connectivity index (χ2n) is 5.57. The van der Waals surface area contributed by atoms with Crippen LogP contribution in [0.1, 0.15) is 5.56 Å². The topological polar surface area (TPSA) is 58.8 Å². The highest BCUT2D eigenvalue weighted by Gasteiger charge is 2.14. The highest BCUT2D eigenvalue weighted by molar-refractivity contribution is 5.92. The first-order chi connectivity index (χ1) is 10.7. The molecule has 1 aromatic rings. The van der Waals surface area contributed by atoms with Gasteiger partial charge in [-0.25, -0.2) is 0 Å². The molecule has 0 saturated carbocycles. The van der Waals surface area contributed by atoms with Crippen LogP contribution < -0.4 is 10.6 Å². The number of nitrogens with two attached hydrogens (primary N) is 1. The van der Waals surface area contributed by atoms with Crippen molar-refractivity contribution in [3.05, 3.63) is 53.8 Å². The van der Waals surface area contributed by atoms with Crippen molar-refractivity contribution in [1.29, 1.82) is 0 Å². The van der Waals surface area contributed by atoms with Gasteiger partial charge in [0.2, 0.25) is 5.91 Å². The minimum absolute atomic E-state index is 0.351. The molecule has 116 valence electrons. The predicted molar refractivity (Wildman–Crippen MR) is 86.3 cm³/mol. The highest BCUT2D eigenvalue weighted by atomic mass is 16.5. The van der Waals surface area contributed by atoms with Gasteiger partial charge in [-0.2, -0.15) is 0 Å². The van der Waals surface area contributed by atoms with Gasteiger partial charge < -0.3 is 20.3 Å². The zero-order chi connectivity index (χ0) is 15.4. The number of hydrogen-bond acceptors (Lipinski definition) is 4. The van der Waals surface area contributed by atoms with Crippen LogP contribution in [-0.4, -0.2) is 43.7 Å². The van der Waals surface area contributed by atoms with Crippen molar-refractivity contribution in [1.82, 2.24) is 4.90 Å². The molecule has 2 aliphatic heterocycles. The molecule has 5 heteroatoms. The van der Waals surface area contributed by atoms with Gasteiger partial charge in [0.25, 0.3) is 0 Å². The Kier molecular flexibility index (Phi) is 4.44. The van der Waals surface area contributed by atoms with E-state index in [1.165, 1.54) is 11.3 Å². The van der Waals surface area contributed by atoms with Gasteiger partial charge in [-0.15, -0.1) is 0 Å². The SMILES string of the molecule is NC(=O)C1=CC=CN(Cc2cccc(N3CCOCC3)c2)C1. The third-order valence-electron chi connectivity index (χ3n) is 3.96. The Labute approximate surface area is 130 Å². The van der Waals surface area contributed by atoms with E-state index in [1.54, 1.807) is 6.08 Å². The Morgan fingerprint density at radius 3 is 2.86 bits per heavy atom. The minimum Gasteiger partial charge on any atom is -0.378 e. The van der Waals surface area contributed by atoms with Crippen LogP contribution in [-0.2, 0) is 16.1 Å². The third kappa shape index (κ3) is 3.49. The number of benzene rings is 1. The fraction of sp³-hybridized carbons (Fsp3) is 0.353. The van der Waals surface area contributed by atoms with E-state index in [0.29, 0.717) is 12.1 Å². The fourth-order valence-electron chi connectivity index (χ4n) is 2.78. The number of ether oxygens (including phenoxy) is 1. The monoisotopic (exact) mass is 299 g/mol. The summed E-state index contributed by atoms with van der Waals surface area (Å²) < 4.78 is 5.40. The van der Waals surface area contributed by atoms with Crippen molar-refractivity contribution < 1.29 is 9.53 Å². The Bertz CT molecular complexity index is 604. The van der Waals surface area contributed by atoms with Crippen LogP contribution in [0.2, 0.25) is 0 Å². The summed E-state index contributed by atoms with van der Waals surface area (Å²) in [6.45, 7) is 4.76. The van der Waals surface area contributed by atoms with Gasteiger partial charge in [0.1, 0.15) is 0 Å². The summed E-state index contributed by atoms with van der Waals surface area (Å²) in [4.78, 5) is 15.7. The summed E-state index contributed by atoms with van der Waals surface area (Å²) in [5, 5.41) is 0. The molecule has 0 atom stereocenters. The molecule has 0 spiro atoms. The first-order valence-electron chi connectivity index (χ1n) is 7.55. The number of carbonyl (C=O) groups excluding carboxylic acids is 1. The molecule has 0 bridgehead atoms. The van der Waals surface area contributed by atoms with Crippen LogP contribution in [0, 0.1) is 0 Å². The molecule has 2 heterocycles. The molecule has 3 rings (SSSR count). The van der Waals surface area contributed by atoms with E-state index in [0.717, 1.165) is 32.8 Å². The molecule has 5 nitrogen and oxygen atoms in total. The number of allylic oxidation sites excluding steroid dienone is 2.